The Hall–Kier alpha value is -0.0900. The summed E-state index contributed by atoms with van der Waals surface area (Å²) in [5.74, 6) is 2.39. The molecule has 6 nitrogen and oxygen atoms in total. The summed E-state index contributed by atoms with van der Waals surface area (Å²) in [4.78, 5) is 6.47. The average Bonchev–Trinajstić information content (AvgIpc) is 2.39. The topological polar surface area (TPSA) is 73.8 Å². The Morgan fingerprint density at radius 3 is 2.25 bits per heavy atom. The van der Waals surface area contributed by atoms with E-state index in [2.05, 4.69) is 26.9 Å². The maximum Gasteiger partial charge on any atom is 0.209 e. The van der Waals surface area contributed by atoms with E-state index >= 15 is 0 Å². The van der Waals surface area contributed by atoms with E-state index in [-0.39, 0.29) is 24.0 Å². The monoisotopic (exact) mass is 474 g/mol. The van der Waals surface area contributed by atoms with Gasteiger partial charge in [-0.2, -0.15) is 0 Å². The van der Waals surface area contributed by atoms with E-state index < -0.39 is 15.6 Å². The van der Waals surface area contributed by atoms with Crippen LogP contribution in [-0.2, 0) is 10.0 Å². The van der Waals surface area contributed by atoms with Gasteiger partial charge in [0.15, 0.2) is 5.96 Å². The largest absolute Gasteiger partial charge is 0.354 e. The highest BCUT2D eigenvalue weighted by Gasteiger charge is 2.24. The van der Waals surface area contributed by atoms with Crippen LogP contribution in [0.25, 0.3) is 0 Å². The summed E-state index contributed by atoms with van der Waals surface area (Å²) in [6.45, 7) is 7.52. The molecule has 144 valence electrons. The Balaban J connectivity index is 0.00000529. The van der Waals surface area contributed by atoms with Crippen LogP contribution < -0.4 is 10.0 Å². The van der Waals surface area contributed by atoms with E-state index in [0.29, 0.717) is 6.54 Å². The van der Waals surface area contributed by atoms with E-state index in [1.807, 2.05) is 20.9 Å². The third kappa shape index (κ3) is 9.41. The third-order valence-electron chi connectivity index (χ3n) is 4.39. The van der Waals surface area contributed by atoms with Gasteiger partial charge in [-0.05, 0) is 38.5 Å². The Labute approximate surface area is 165 Å². The van der Waals surface area contributed by atoms with Gasteiger partial charge in [0.25, 0.3) is 0 Å². The van der Waals surface area contributed by atoms with Crippen molar-refractivity contribution in [1.29, 1.82) is 0 Å². The second-order valence-electron chi connectivity index (χ2n) is 7.67. The minimum Gasteiger partial charge on any atom is -0.354 e. The first-order valence-corrected chi connectivity index (χ1v) is 10.3. The summed E-state index contributed by atoms with van der Waals surface area (Å²) < 4.78 is 25.4. The van der Waals surface area contributed by atoms with Crippen molar-refractivity contribution in [2.45, 2.75) is 52.0 Å². The van der Waals surface area contributed by atoms with Crippen LogP contribution in [0.4, 0.5) is 0 Å². The summed E-state index contributed by atoms with van der Waals surface area (Å²) >= 11 is 0. The number of hydrogen-bond donors (Lipinski definition) is 2. The summed E-state index contributed by atoms with van der Waals surface area (Å²) in [6, 6.07) is 0. The number of nitrogens with zero attached hydrogens (tertiary/aromatic N) is 2. The molecule has 0 radical (unpaired) electrons. The van der Waals surface area contributed by atoms with Gasteiger partial charge in [-0.3, -0.25) is 4.99 Å². The van der Waals surface area contributed by atoms with E-state index in [1.165, 1.54) is 31.9 Å². The van der Waals surface area contributed by atoms with E-state index in [0.717, 1.165) is 24.3 Å². The quantitative estimate of drug-likeness (QED) is 0.352. The second kappa shape index (κ2) is 10.2. The molecular formula is C16H35IN4O2S. The van der Waals surface area contributed by atoms with Crippen molar-refractivity contribution in [1.82, 2.24) is 14.9 Å². The highest BCUT2D eigenvalue weighted by Crippen LogP contribution is 2.28. The van der Waals surface area contributed by atoms with Gasteiger partial charge in [-0.15, -0.1) is 24.0 Å². The maximum atomic E-state index is 11.4. The highest BCUT2D eigenvalue weighted by atomic mass is 127. The fraction of sp³-hybridized carbons (Fsp3) is 0.938. The lowest BCUT2D eigenvalue weighted by Crippen LogP contribution is -2.53. The van der Waals surface area contributed by atoms with Crippen molar-refractivity contribution < 1.29 is 8.42 Å². The Morgan fingerprint density at radius 2 is 1.79 bits per heavy atom. The van der Waals surface area contributed by atoms with Crippen molar-refractivity contribution in [2.75, 3.05) is 33.4 Å². The SMILES string of the molecule is CN=C(NCC(C)(C)NS(C)(=O)=O)N(C)CC1CCC(C)CC1.I. The van der Waals surface area contributed by atoms with Crippen LogP contribution in [0.1, 0.15) is 46.5 Å². The maximum absolute atomic E-state index is 11.4. The van der Waals surface area contributed by atoms with Crippen LogP contribution in [0.5, 0.6) is 0 Å². The molecular weight excluding hydrogens is 439 g/mol. The molecule has 0 aliphatic heterocycles. The number of halogens is 1. The van der Waals surface area contributed by atoms with Crippen molar-refractivity contribution in [3.63, 3.8) is 0 Å². The smallest absolute Gasteiger partial charge is 0.209 e. The number of sulfonamides is 1. The zero-order valence-corrected chi connectivity index (χ0v) is 19.1. The van der Waals surface area contributed by atoms with Crippen LogP contribution in [0.15, 0.2) is 4.99 Å². The first kappa shape index (κ1) is 23.9. The third-order valence-corrected chi connectivity index (χ3v) is 5.31. The molecule has 1 aliphatic carbocycles. The van der Waals surface area contributed by atoms with Crippen LogP contribution in [0.2, 0.25) is 0 Å². The first-order valence-electron chi connectivity index (χ1n) is 8.43. The molecule has 0 amide bonds. The lowest BCUT2D eigenvalue weighted by atomic mass is 9.83. The molecule has 0 saturated heterocycles. The van der Waals surface area contributed by atoms with Gasteiger partial charge in [0.05, 0.1) is 6.26 Å². The fourth-order valence-electron chi connectivity index (χ4n) is 3.21. The summed E-state index contributed by atoms with van der Waals surface area (Å²) in [6.07, 6.45) is 6.37. The lowest BCUT2D eigenvalue weighted by Gasteiger charge is -2.33. The predicted octanol–water partition coefficient (Wildman–Crippen LogP) is 2.27. The number of hydrogen-bond acceptors (Lipinski definition) is 3. The van der Waals surface area contributed by atoms with Gasteiger partial charge >= 0.3 is 0 Å². The standard InChI is InChI=1S/C16H34N4O2S.HI/c1-13-7-9-14(10-8-13)11-20(5)15(17-4)18-12-16(2,3)19-23(6,21)22;/h13-14,19H,7-12H2,1-6H3,(H,17,18);1H. The lowest BCUT2D eigenvalue weighted by molar-refractivity contribution is 0.249. The van der Waals surface area contributed by atoms with E-state index in [9.17, 15) is 8.42 Å². The summed E-state index contributed by atoms with van der Waals surface area (Å²) in [5, 5.41) is 3.28. The van der Waals surface area contributed by atoms with Crippen molar-refractivity contribution in [2.24, 2.45) is 16.8 Å². The van der Waals surface area contributed by atoms with Crippen molar-refractivity contribution in [3.05, 3.63) is 0 Å². The molecule has 0 atom stereocenters. The van der Waals surface area contributed by atoms with E-state index in [1.54, 1.807) is 7.05 Å². The molecule has 0 aromatic rings. The Kier molecular flexibility index (Phi) is 10.1. The van der Waals surface area contributed by atoms with E-state index in [4.69, 9.17) is 0 Å². The van der Waals surface area contributed by atoms with Gasteiger partial charge in [0.1, 0.15) is 0 Å². The van der Waals surface area contributed by atoms with Crippen LogP contribution in [0, 0.1) is 11.8 Å². The molecule has 1 rings (SSSR count). The van der Waals surface area contributed by atoms with Gasteiger partial charge in [0, 0.05) is 32.7 Å². The molecule has 1 fully saturated rings. The van der Waals surface area contributed by atoms with Gasteiger partial charge in [0.2, 0.25) is 10.0 Å². The zero-order chi connectivity index (χ0) is 17.7. The zero-order valence-electron chi connectivity index (χ0n) is 15.9. The number of aliphatic imine (C=N–C) groups is 1. The molecule has 0 unspecified atom stereocenters. The van der Waals surface area contributed by atoms with Crippen LogP contribution in [-0.4, -0.2) is 58.3 Å². The molecule has 24 heavy (non-hydrogen) atoms. The van der Waals surface area contributed by atoms with Gasteiger partial charge < -0.3 is 10.2 Å². The summed E-state index contributed by atoms with van der Waals surface area (Å²) in [7, 11) is 0.581. The number of nitrogens with one attached hydrogen (secondary N) is 2. The molecule has 0 aromatic heterocycles. The van der Waals surface area contributed by atoms with Crippen molar-refractivity contribution in [3.8, 4) is 0 Å². The molecule has 0 heterocycles. The molecule has 0 aromatic carbocycles. The minimum atomic E-state index is -3.23. The molecule has 1 saturated carbocycles. The predicted molar refractivity (Wildman–Crippen MR) is 113 cm³/mol. The Morgan fingerprint density at radius 1 is 1.25 bits per heavy atom. The van der Waals surface area contributed by atoms with Crippen LogP contribution >= 0.6 is 24.0 Å². The average molecular weight is 474 g/mol. The Bertz CT molecular complexity index is 500. The van der Waals surface area contributed by atoms with Gasteiger partial charge in [-0.1, -0.05) is 19.8 Å². The molecule has 1 aliphatic rings. The number of guanidine groups is 1. The molecule has 2 N–H and O–H groups in total. The number of rotatable bonds is 6. The molecule has 0 bridgehead atoms. The minimum absolute atomic E-state index is 0. The normalized spacial score (nSPS) is 22.7. The fourth-order valence-corrected chi connectivity index (χ4v) is 4.28. The first-order chi connectivity index (χ1) is 10.5. The second-order valence-corrected chi connectivity index (χ2v) is 9.41. The summed E-state index contributed by atoms with van der Waals surface area (Å²) in [5.41, 5.74) is -0.565. The van der Waals surface area contributed by atoms with Crippen molar-refractivity contribution >= 4 is 40.0 Å². The van der Waals surface area contributed by atoms with Gasteiger partial charge in [-0.25, -0.2) is 13.1 Å². The molecule has 8 heteroatoms. The van der Waals surface area contributed by atoms with Crippen LogP contribution in [0.3, 0.4) is 0 Å². The molecule has 0 spiro atoms. The highest BCUT2D eigenvalue weighted by molar-refractivity contribution is 14.0.